The van der Waals surface area contributed by atoms with Gasteiger partial charge in [0.15, 0.2) is 0 Å². The molecular formula is C14H17FN2O4. The fourth-order valence-electron chi connectivity index (χ4n) is 2.06. The standard InChI is InChI=1S/C14H17FN2O4/c1-21-8-7-17(9-5-6-9)14(20)16-11-4-2-3-10(15)12(11)13(18)19/h2-4,9H,5-8H2,1H3,(H,16,20)(H,18,19). The summed E-state index contributed by atoms with van der Waals surface area (Å²) in [6, 6.07) is 3.47. The van der Waals surface area contributed by atoms with Gasteiger partial charge in [-0.05, 0) is 25.0 Å². The van der Waals surface area contributed by atoms with Crippen molar-refractivity contribution >= 4 is 17.7 Å². The maximum atomic E-state index is 13.6. The maximum absolute atomic E-state index is 13.6. The summed E-state index contributed by atoms with van der Waals surface area (Å²) < 4.78 is 18.5. The lowest BCUT2D eigenvalue weighted by Gasteiger charge is -2.23. The second kappa shape index (κ2) is 6.53. The molecule has 7 heteroatoms. The van der Waals surface area contributed by atoms with Crippen molar-refractivity contribution in [3.05, 3.63) is 29.6 Å². The van der Waals surface area contributed by atoms with E-state index in [1.165, 1.54) is 19.2 Å². The number of rotatable bonds is 6. The average molecular weight is 296 g/mol. The molecule has 1 aromatic rings. The Morgan fingerprint density at radius 2 is 2.19 bits per heavy atom. The monoisotopic (exact) mass is 296 g/mol. The lowest BCUT2D eigenvalue weighted by atomic mass is 10.1. The number of ether oxygens (including phenoxy) is 1. The van der Waals surface area contributed by atoms with Crippen molar-refractivity contribution in [3.8, 4) is 0 Å². The summed E-state index contributed by atoms with van der Waals surface area (Å²) in [5.74, 6) is -2.30. The molecule has 1 aliphatic carbocycles. The van der Waals surface area contributed by atoms with Crippen LogP contribution in [-0.2, 0) is 4.74 Å². The van der Waals surface area contributed by atoms with E-state index < -0.39 is 23.4 Å². The Labute approximate surface area is 121 Å². The number of amides is 2. The van der Waals surface area contributed by atoms with E-state index in [4.69, 9.17) is 9.84 Å². The largest absolute Gasteiger partial charge is 0.478 e. The summed E-state index contributed by atoms with van der Waals surface area (Å²) in [7, 11) is 1.54. The van der Waals surface area contributed by atoms with Crippen LogP contribution in [0, 0.1) is 5.82 Å². The molecule has 0 atom stereocenters. The zero-order valence-electron chi connectivity index (χ0n) is 11.6. The summed E-state index contributed by atoms with van der Waals surface area (Å²) in [6.07, 6.45) is 1.82. The second-order valence-corrected chi connectivity index (χ2v) is 4.82. The van der Waals surface area contributed by atoms with Crippen molar-refractivity contribution in [1.82, 2.24) is 4.90 Å². The third kappa shape index (κ3) is 3.69. The molecule has 0 unspecified atom stereocenters. The van der Waals surface area contributed by atoms with Crippen LogP contribution in [0.5, 0.6) is 0 Å². The van der Waals surface area contributed by atoms with Crippen molar-refractivity contribution in [2.75, 3.05) is 25.6 Å². The average Bonchev–Trinajstić information content (AvgIpc) is 3.23. The molecule has 21 heavy (non-hydrogen) atoms. The summed E-state index contributed by atoms with van der Waals surface area (Å²) in [4.78, 5) is 24.9. The van der Waals surface area contributed by atoms with Crippen LogP contribution < -0.4 is 5.32 Å². The Bertz CT molecular complexity index is 546. The fourth-order valence-corrected chi connectivity index (χ4v) is 2.06. The number of hydrogen-bond acceptors (Lipinski definition) is 3. The molecule has 0 bridgehead atoms. The number of anilines is 1. The highest BCUT2D eigenvalue weighted by Gasteiger charge is 2.32. The molecule has 1 aromatic carbocycles. The number of carboxylic acids is 1. The topological polar surface area (TPSA) is 78.9 Å². The summed E-state index contributed by atoms with van der Waals surface area (Å²) in [5, 5.41) is 11.5. The van der Waals surface area contributed by atoms with E-state index >= 15 is 0 Å². The number of carboxylic acid groups (broad SMARTS) is 1. The number of nitrogens with one attached hydrogen (secondary N) is 1. The lowest BCUT2D eigenvalue weighted by molar-refractivity contribution is 0.0693. The fraction of sp³-hybridized carbons (Fsp3) is 0.429. The first-order valence-corrected chi connectivity index (χ1v) is 6.63. The SMILES string of the molecule is COCCN(C(=O)Nc1cccc(F)c1C(=O)O)C1CC1. The van der Waals surface area contributed by atoms with Crippen LogP contribution in [0.1, 0.15) is 23.2 Å². The third-order valence-electron chi connectivity index (χ3n) is 3.25. The van der Waals surface area contributed by atoms with Crippen molar-refractivity contribution in [1.29, 1.82) is 0 Å². The van der Waals surface area contributed by atoms with E-state index in [1.807, 2.05) is 0 Å². The molecule has 114 valence electrons. The zero-order chi connectivity index (χ0) is 15.4. The van der Waals surface area contributed by atoms with Gasteiger partial charge in [0, 0.05) is 19.7 Å². The first-order chi connectivity index (χ1) is 10.0. The van der Waals surface area contributed by atoms with Crippen LogP contribution in [0.4, 0.5) is 14.9 Å². The quantitative estimate of drug-likeness (QED) is 0.843. The number of urea groups is 1. The third-order valence-corrected chi connectivity index (χ3v) is 3.25. The number of carbonyl (C=O) groups is 2. The minimum atomic E-state index is -1.42. The molecule has 0 aliphatic heterocycles. The van der Waals surface area contributed by atoms with E-state index in [0.717, 1.165) is 18.9 Å². The smallest absolute Gasteiger partial charge is 0.340 e. The Balaban J connectivity index is 2.14. The van der Waals surface area contributed by atoms with Crippen molar-refractivity contribution in [2.45, 2.75) is 18.9 Å². The van der Waals surface area contributed by atoms with E-state index in [1.54, 1.807) is 4.90 Å². The molecule has 2 rings (SSSR count). The molecule has 0 saturated heterocycles. The Hall–Kier alpha value is -2.15. The van der Waals surface area contributed by atoms with Crippen molar-refractivity contribution in [2.24, 2.45) is 0 Å². The normalized spacial score (nSPS) is 13.8. The number of carbonyl (C=O) groups excluding carboxylic acids is 1. The van der Waals surface area contributed by atoms with Crippen LogP contribution in [0.3, 0.4) is 0 Å². The van der Waals surface area contributed by atoms with Gasteiger partial charge in [0.1, 0.15) is 11.4 Å². The highest BCUT2D eigenvalue weighted by Crippen LogP contribution is 2.28. The Kier molecular flexibility index (Phi) is 4.74. The minimum absolute atomic E-state index is 0.0458. The maximum Gasteiger partial charge on any atom is 0.340 e. The summed E-state index contributed by atoms with van der Waals surface area (Å²) in [6.45, 7) is 0.795. The van der Waals surface area contributed by atoms with Crippen molar-refractivity contribution in [3.63, 3.8) is 0 Å². The molecule has 1 aliphatic rings. The van der Waals surface area contributed by atoms with Crippen LogP contribution in [0.15, 0.2) is 18.2 Å². The number of nitrogens with zero attached hydrogens (tertiary/aromatic N) is 1. The number of hydrogen-bond donors (Lipinski definition) is 2. The first kappa shape index (κ1) is 15.2. The molecule has 0 heterocycles. The van der Waals surface area contributed by atoms with Gasteiger partial charge in [-0.1, -0.05) is 6.07 Å². The van der Waals surface area contributed by atoms with Gasteiger partial charge >= 0.3 is 12.0 Å². The van der Waals surface area contributed by atoms with Gasteiger partial charge in [-0.2, -0.15) is 0 Å². The molecule has 0 radical (unpaired) electrons. The van der Waals surface area contributed by atoms with Crippen molar-refractivity contribution < 1.29 is 23.8 Å². The molecular weight excluding hydrogens is 279 g/mol. The molecule has 1 saturated carbocycles. The van der Waals surface area contributed by atoms with Gasteiger partial charge in [-0.15, -0.1) is 0 Å². The molecule has 2 amide bonds. The number of methoxy groups -OCH3 is 1. The summed E-state index contributed by atoms with van der Waals surface area (Å²) >= 11 is 0. The van der Waals surface area contributed by atoms with E-state index in [-0.39, 0.29) is 11.7 Å². The van der Waals surface area contributed by atoms with Gasteiger partial charge in [0.2, 0.25) is 0 Å². The zero-order valence-corrected chi connectivity index (χ0v) is 11.6. The van der Waals surface area contributed by atoms with Crippen LogP contribution in [0.25, 0.3) is 0 Å². The van der Waals surface area contributed by atoms with Crippen LogP contribution >= 0.6 is 0 Å². The lowest BCUT2D eigenvalue weighted by Crippen LogP contribution is -2.39. The van der Waals surface area contributed by atoms with Gasteiger partial charge in [0.25, 0.3) is 0 Å². The molecule has 1 fully saturated rings. The van der Waals surface area contributed by atoms with Crippen LogP contribution in [-0.4, -0.2) is 48.3 Å². The summed E-state index contributed by atoms with van der Waals surface area (Å²) in [5.41, 5.74) is -0.580. The molecule has 6 nitrogen and oxygen atoms in total. The molecule has 0 spiro atoms. The van der Waals surface area contributed by atoms with Gasteiger partial charge in [0.05, 0.1) is 12.3 Å². The number of benzene rings is 1. The minimum Gasteiger partial charge on any atom is -0.478 e. The highest BCUT2D eigenvalue weighted by atomic mass is 19.1. The first-order valence-electron chi connectivity index (χ1n) is 6.63. The number of halogens is 1. The number of aromatic carboxylic acids is 1. The van der Waals surface area contributed by atoms with Gasteiger partial charge < -0.3 is 20.1 Å². The molecule has 0 aromatic heterocycles. The Morgan fingerprint density at radius 1 is 1.48 bits per heavy atom. The van der Waals surface area contributed by atoms with E-state index in [9.17, 15) is 14.0 Å². The highest BCUT2D eigenvalue weighted by molar-refractivity contribution is 6.00. The van der Waals surface area contributed by atoms with Gasteiger partial charge in [-0.3, -0.25) is 0 Å². The second-order valence-electron chi connectivity index (χ2n) is 4.82. The predicted octanol–water partition coefficient (Wildman–Crippen LogP) is 2.17. The molecule has 2 N–H and O–H groups in total. The van der Waals surface area contributed by atoms with E-state index in [0.29, 0.717) is 13.2 Å². The van der Waals surface area contributed by atoms with Gasteiger partial charge in [-0.25, -0.2) is 14.0 Å². The Morgan fingerprint density at radius 3 is 2.76 bits per heavy atom. The predicted molar refractivity (Wildman–Crippen MR) is 74.0 cm³/mol. The van der Waals surface area contributed by atoms with E-state index in [2.05, 4.69) is 5.32 Å². The van der Waals surface area contributed by atoms with Crippen LogP contribution in [0.2, 0.25) is 0 Å².